The largest absolute Gasteiger partial charge is 0.444 e. The minimum atomic E-state index is -0.426. The van der Waals surface area contributed by atoms with Crippen LogP contribution in [0.25, 0.3) is 0 Å². The molecule has 2 fully saturated rings. The Morgan fingerprint density at radius 3 is 2.57 bits per heavy atom. The van der Waals surface area contributed by atoms with Crippen LogP contribution in [0.1, 0.15) is 45.7 Å². The van der Waals surface area contributed by atoms with Gasteiger partial charge in [-0.25, -0.2) is 4.79 Å². The minimum Gasteiger partial charge on any atom is -0.444 e. The van der Waals surface area contributed by atoms with Gasteiger partial charge in [0, 0.05) is 31.7 Å². The average molecular weight is 316 g/mol. The van der Waals surface area contributed by atoms with Crippen LogP contribution in [-0.2, 0) is 4.74 Å². The average Bonchev–Trinajstić information content (AvgIpc) is 2.47. The molecule has 126 valence electrons. The van der Waals surface area contributed by atoms with Crippen molar-refractivity contribution in [2.45, 2.75) is 51.8 Å². The molecule has 1 aromatic carbocycles. The molecule has 2 heterocycles. The second-order valence-corrected chi connectivity index (χ2v) is 7.83. The zero-order valence-corrected chi connectivity index (χ0v) is 14.7. The normalized spacial score (nSPS) is 26.2. The van der Waals surface area contributed by atoms with Crippen molar-refractivity contribution in [3.63, 3.8) is 0 Å². The Balaban J connectivity index is 1.63. The minimum absolute atomic E-state index is 0.171. The summed E-state index contributed by atoms with van der Waals surface area (Å²) in [7, 11) is 0. The van der Waals surface area contributed by atoms with Crippen LogP contribution < -0.4 is 0 Å². The number of amides is 1. The lowest BCUT2D eigenvalue weighted by atomic mass is 9.80. The molecule has 0 saturated carbocycles. The van der Waals surface area contributed by atoms with E-state index in [4.69, 9.17) is 4.74 Å². The van der Waals surface area contributed by atoms with Gasteiger partial charge in [-0.2, -0.15) is 0 Å². The molecule has 0 bridgehead atoms. The lowest BCUT2D eigenvalue weighted by Gasteiger charge is -2.55. The van der Waals surface area contributed by atoms with E-state index in [1.807, 2.05) is 25.7 Å². The quantitative estimate of drug-likeness (QED) is 0.834. The molecule has 2 aliphatic heterocycles. The van der Waals surface area contributed by atoms with Crippen LogP contribution in [0.15, 0.2) is 30.3 Å². The fraction of sp³-hybridized carbons (Fsp3) is 0.632. The number of carbonyl (C=O) groups excluding carboxylic acids is 1. The highest BCUT2D eigenvalue weighted by atomic mass is 16.6. The lowest BCUT2D eigenvalue weighted by molar-refractivity contribution is -0.0706. The molecule has 4 heteroatoms. The third-order valence-corrected chi connectivity index (χ3v) is 5.02. The number of likely N-dealkylation sites (tertiary alicyclic amines) is 2. The number of hydrogen-bond donors (Lipinski definition) is 0. The molecular formula is C19H28N2O2. The first-order valence-corrected chi connectivity index (χ1v) is 8.64. The zero-order valence-electron chi connectivity index (χ0n) is 14.7. The first kappa shape index (κ1) is 16.3. The van der Waals surface area contributed by atoms with Crippen LogP contribution in [0.5, 0.6) is 0 Å². The second-order valence-electron chi connectivity index (χ2n) is 7.83. The van der Waals surface area contributed by atoms with Crippen LogP contribution in [0, 0.1) is 5.92 Å². The Bertz CT molecular complexity index is 552. The first-order valence-electron chi connectivity index (χ1n) is 8.64. The van der Waals surface area contributed by atoms with Gasteiger partial charge in [0.25, 0.3) is 0 Å². The summed E-state index contributed by atoms with van der Waals surface area (Å²) in [4.78, 5) is 16.7. The van der Waals surface area contributed by atoms with Crippen molar-refractivity contribution in [2.24, 2.45) is 5.92 Å². The molecular weight excluding hydrogens is 288 g/mol. The predicted molar refractivity (Wildman–Crippen MR) is 91.3 cm³/mol. The molecule has 0 spiro atoms. The van der Waals surface area contributed by atoms with E-state index < -0.39 is 5.60 Å². The van der Waals surface area contributed by atoms with Gasteiger partial charge in [-0.05, 0) is 45.6 Å². The van der Waals surface area contributed by atoms with E-state index in [2.05, 4.69) is 42.2 Å². The summed E-state index contributed by atoms with van der Waals surface area (Å²) in [5.74, 6) is 0.722. The van der Waals surface area contributed by atoms with Crippen LogP contribution in [-0.4, -0.2) is 47.2 Å². The predicted octanol–water partition coefficient (Wildman–Crippen LogP) is 3.69. The topological polar surface area (TPSA) is 32.8 Å². The van der Waals surface area contributed by atoms with Crippen molar-refractivity contribution in [3.8, 4) is 0 Å². The fourth-order valence-corrected chi connectivity index (χ4v) is 3.70. The van der Waals surface area contributed by atoms with Crippen LogP contribution in [0.3, 0.4) is 0 Å². The van der Waals surface area contributed by atoms with Crippen molar-refractivity contribution < 1.29 is 9.53 Å². The summed E-state index contributed by atoms with van der Waals surface area (Å²) in [6.07, 6.45) is 0.914. The van der Waals surface area contributed by atoms with Gasteiger partial charge < -0.3 is 9.64 Å². The number of carbonyl (C=O) groups is 1. The molecule has 0 radical (unpaired) electrons. The molecule has 4 nitrogen and oxygen atoms in total. The molecule has 3 rings (SSSR count). The van der Waals surface area contributed by atoms with Crippen molar-refractivity contribution in [3.05, 3.63) is 35.9 Å². The first-order chi connectivity index (χ1) is 10.8. The van der Waals surface area contributed by atoms with Gasteiger partial charge in [0.2, 0.25) is 0 Å². The highest BCUT2D eigenvalue weighted by Crippen LogP contribution is 2.38. The Morgan fingerprint density at radius 1 is 1.22 bits per heavy atom. The van der Waals surface area contributed by atoms with Gasteiger partial charge in [-0.1, -0.05) is 30.3 Å². The summed E-state index contributed by atoms with van der Waals surface area (Å²) >= 11 is 0. The van der Waals surface area contributed by atoms with E-state index in [1.54, 1.807) is 0 Å². The summed E-state index contributed by atoms with van der Waals surface area (Å²) < 4.78 is 5.53. The number of rotatable bonds is 2. The van der Waals surface area contributed by atoms with Crippen LogP contribution >= 0.6 is 0 Å². The standard InChI is InChI=1S/C19H28N2O2/c1-14(15-8-6-5-7-9-15)21-12-16-10-11-20(13-17(16)21)18(22)23-19(2,3)4/h5-9,14,16-17H,10-13H2,1-4H3/t14-,16-,17-/m0/s1. The second kappa shape index (κ2) is 6.16. The summed E-state index contributed by atoms with van der Waals surface area (Å²) in [6.45, 7) is 10.8. The van der Waals surface area contributed by atoms with E-state index in [9.17, 15) is 4.79 Å². The molecule has 1 aromatic rings. The maximum absolute atomic E-state index is 12.3. The van der Waals surface area contributed by atoms with Gasteiger partial charge >= 0.3 is 6.09 Å². The van der Waals surface area contributed by atoms with Crippen LogP contribution in [0.4, 0.5) is 4.79 Å². The van der Waals surface area contributed by atoms with Gasteiger partial charge in [-0.3, -0.25) is 4.90 Å². The number of nitrogens with zero attached hydrogens (tertiary/aromatic N) is 2. The summed E-state index contributed by atoms with van der Waals surface area (Å²) in [5, 5.41) is 0. The molecule has 0 aliphatic carbocycles. The molecule has 0 N–H and O–H groups in total. The van der Waals surface area contributed by atoms with E-state index >= 15 is 0 Å². The third kappa shape index (κ3) is 3.52. The Labute approximate surface area is 139 Å². The molecule has 1 amide bonds. The number of benzene rings is 1. The van der Waals surface area contributed by atoms with Crippen molar-refractivity contribution in [1.82, 2.24) is 9.80 Å². The molecule has 0 aromatic heterocycles. The highest BCUT2D eigenvalue weighted by molar-refractivity contribution is 5.68. The molecule has 2 aliphatic rings. The van der Waals surface area contributed by atoms with Crippen molar-refractivity contribution >= 4 is 6.09 Å². The Hall–Kier alpha value is -1.55. The third-order valence-electron chi connectivity index (χ3n) is 5.02. The Morgan fingerprint density at radius 2 is 1.91 bits per heavy atom. The van der Waals surface area contributed by atoms with E-state index in [0.29, 0.717) is 12.1 Å². The Kier molecular flexibility index (Phi) is 4.37. The highest BCUT2D eigenvalue weighted by Gasteiger charge is 2.46. The zero-order chi connectivity index (χ0) is 16.6. The molecule has 2 saturated heterocycles. The summed E-state index contributed by atoms with van der Waals surface area (Å²) in [5.41, 5.74) is 0.922. The van der Waals surface area contributed by atoms with E-state index in [-0.39, 0.29) is 6.09 Å². The van der Waals surface area contributed by atoms with Gasteiger partial charge in [0.1, 0.15) is 5.60 Å². The number of fused-ring (bicyclic) bond motifs is 1. The number of hydrogen-bond acceptors (Lipinski definition) is 3. The molecule has 3 atom stereocenters. The maximum atomic E-state index is 12.3. The van der Waals surface area contributed by atoms with Crippen LogP contribution in [0.2, 0.25) is 0 Å². The molecule has 0 unspecified atom stereocenters. The van der Waals surface area contributed by atoms with Gasteiger partial charge in [-0.15, -0.1) is 0 Å². The van der Waals surface area contributed by atoms with Crippen molar-refractivity contribution in [2.75, 3.05) is 19.6 Å². The molecule has 23 heavy (non-hydrogen) atoms. The fourth-order valence-electron chi connectivity index (χ4n) is 3.70. The lowest BCUT2D eigenvalue weighted by Crippen LogP contribution is -2.65. The maximum Gasteiger partial charge on any atom is 0.410 e. The number of piperidine rings is 1. The van der Waals surface area contributed by atoms with Gasteiger partial charge in [0.05, 0.1) is 0 Å². The number of ether oxygens (including phenoxy) is 1. The van der Waals surface area contributed by atoms with Gasteiger partial charge in [0.15, 0.2) is 0 Å². The van der Waals surface area contributed by atoms with Crippen molar-refractivity contribution in [1.29, 1.82) is 0 Å². The van der Waals surface area contributed by atoms with E-state index in [0.717, 1.165) is 32.0 Å². The smallest absolute Gasteiger partial charge is 0.410 e. The van der Waals surface area contributed by atoms with E-state index in [1.165, 1.54) is 5.56 Å². The SMILES string of the molecule is C[C@@H](c1ccccc1)N1C[C@@H]2CCN(C(=O)OC(C)(C)C)C[C@@H]21. The monoisotopic (exact) mass is 316 g/mol. The summed E-state index contributed by atoms with van der Waals surface area (Å²) in [6, 6.07) is 11.5.